The zero-order valence-corrected chi connectivity index (χ0v) is 10.7. The van der Waals surface area contributed by atoms with Crippen LogP contribution in [0.25, 0.3) is 0 Å². The zero-order valence-electron chi connectivity index (χ0n) is 10.7. The van der Waals surface area contributed by atoms with Crippen molar-refractivity contribution in [3.63, 3.8) is 0 Å². The van der Waals surface area contributed by atoms with Gasteiger partial charge in [-0.15, -0.1) is 13.2 Å². The highest BCUT2D eigenvalue weighted by atomic mass is 16.4. The lowest BCUT2D eigenvalue weighted by atomic mass is 10.00. The van der Waals surface area contributed by atoms with Gasteiger partial charge in [0.25, 0.3) is 0 Å². The number of carboxylic acid groups (broad SMARTS) is 1. The molecule has 3 nitrogen and oxygen atoms in total. The number of benzene rings is 1. The molecule has 0 saturated carbocycles. The van der Waals surface area contributed by atoms with Crippen molar-refractivity contribution in [3.8, 4) is 0 Å². The first-order chi connectivity index (χ1) is 8.61. The third-order valence-corrected chi connectivity index (χ3v) is 2.92. The Bertz CT molecular complexity index is 430. The fourth-order valence-corrected chi connectivity index (χ4v) is 1.98. The number of hydrogen-bond donors (Lipinski definition) is 1. The molecule has 0 aliphatic carbocycles. The van der Waals surface area contributed by atoms with Gasteiger partial charge in [0.1, 0.15) is 0 Å². The van der Waals surface area contributed by atoms with Crippen LogP contribution < -0.4 is 0 Å². The quantitative estimate of drug-likeness (QED) is 0.750. The Hall–Kier alpha value is -1.87. The van der Waals surface area contributed by atoms with Crippen molar-refractivity contribution in [2.75, 3.05) is 13.1 Å². The first-order valence-corrected chi connectivity index (χ1v) is 5.89. The molecular formula is C15H19NO2. The maximum atomic E-state index is 11.2. The lowest BCUT2D eigenvalue weighted by Crippen LogP contribution is -2.28. The normalized spacial score (nSPS) is 12.1. The molecule has 0 amide bonds. The summed E-state index contributed by atoms with van der Waals surface area (Å²) in [5.41, 5.74) is 1.16. The fraction of sp³-hybridized carbons (Fsp3) is 0.267. The second kappa shape index (κ2) is 6.77. The van der Waals surface area contributed by atoms with Crippen LogP contribution in [0.15, 0.2) is 49.6 Å². The minimum Gasteiger partial charge on any atom is -0.478 e. The Labute approximate surface area is 108 Å². The summed E-state index contributed by atoms with van der Waals surface area (Å²) in [6.07, 6.45) is 3.62. The third-order valence-electron chi connectivity index (χ3n) is 2.92. The van der Waals surface area contributed by atoms with Gasteiger partial charge < -0.3 is 5.11 Å². The fourth-order valence-electron chi connectivity index (χ4n) is 1.98. The molecule has 0 aromatic heterocycles. The summed E-state index contributed by atoms with van der Waals surface area (Å²) in [7, 11) is 0. The van der Waals surface area contributed by atoms with E-state index < -0.39 is 5.97 Å². The zero-order chi connectivity index (χ0) is 13.5. The second-order valence-corrected chi connectivity index (χ2v) is 4.10. The first-order valence-electron chi connectivity index (χ1n) is 5.89. The highest BCUT2D eigenvalue weighted by Crippen LogP contribution is 2.23. The van der Waals surface area contributed by atoms with Crippen molar-refractivity contribution < 1.29 is 9.90 Å². The van der Waals surface area contributed by atoms with Gasteiger partial charge in [0.2, 0.25) is 0 Å². The van der Waals surface area contributed by atoms with Crippen LogP contribution in [0.2, 0.25) is 0 Å². The first kappa shape index (κ1) is 14.2. The minimum absolute atomic E-state index is 0.00769. The molecule has 1 aromatic rings. The maximum absolute atomic E-state index is 11.2. The van der Waals surface area contributed by atoms with Crippen LogP contribution >= 0.6 is 0 Å². The van der Waals surface area contributed by atoms with E-state index in [1.165, 1.54) is 0 Å². The summed E-state index contributed by atoms with van der Waals surface area (Å²) < 4.78 is 0. The molecule has 0 radical (unpaired) electrons. The molecule has 3 heteroatoms. The molecule has 0 fully saturated rings. The summed E-state index contributed by atoms with van der Waals surface area (Å²) in [6.45, 7) is 10.8. The van der Waals surface area contributed by atoms with Crippen LogP contribution in [0.3, 0.4) is 0 Å². The molecule has 0 aliphatic rings. The van der Waals surface area contributed by atoms with Crippen molar-refractivity contribution in [2.24, 2.45) is 0 Å². The average Bonchev–Trinajstić information content (AvgIpc) is 2.37. The molecule has 0 spiro atoms. The molecule has 0 heterocycles. The van der Waals surface area contributed by atoms with E-state index >= 15 is 0 Å². The van der Waals surface area contributed by atoms with Gasteiger partial charge in [-0.1, -0.05) is 30.4 Å². The number of carbonyl (C=O) groups is 1. The van der Waals surface area contributed by atoms with Crippen molar-refractivity contribution in [1.82, 2.24) is 4.90 Å². The molecule has 1 N–H and O–H groups in total. The van der Waals surface area contributed by atoms with Crippen LogP contribution in [0.4, 0.5) is 0 Å². The number of hydrogen-bond acceptors (Lipinski definition) is 2. The molecule has 1 atom stereocenters. The number of rotatable bonds is 7. The van der Waals surface area contributed by atoms with Gasteiger partial charge >= 0.3 is 5.97 Å². The predicted octanol–water partition coefficient (Wildman–Crippen LogP) is 3.12. The molecular weight excluding hydrogens is 226 g/mol. The highest BCUT2D eigenvalue weighted by Gasteiger charge is 2.19. The number of aromatic carboxylic acids is 1. The van der Waals surface area contributed by atoms with Gasteiger partial charge in [0.05, 0.1) is 5.56 Å². The molecule has 1 rings (SSSR count). The molecule has 18 heavy (non-hydrogen) atoms. The number of carboxylic acids is 1. The van der Waals surface area contributed by atoms with Gasteiger partial charge in [0, 0.05) is 19.1 Å². The van der Waals surface area contributed by atoms with Crippen molar-refractivity contribution in [1.29, 1.82) is 0 Å². The summed E-state index contributed by atoms with van der Waals surface area (Å²) in [5.74, 6) is -0.894. The molecule has 0 bridgehead atoms. The van der Waals surface area contributed by atoms with E-state index in [0.29, 0.717) is 18.7 Å². The summed E-state index contributed by atoms with van der Waals surface area (Å²) in [5, 5.41) is 9.20. The number of nitrogens with zero attached hydrogens (tertiary/aromatic N) is 1. The topological polar surface area (TPSA) is 40.5 Å². The Morgan fingerprint density at radius 1 is 1.33 bits per heavy atom. The molecule has 0 aliphatic heterocycles. The summed E-state index contributed by atoms with van der Waals surface area (Å²) >= 11 is 0. The largest absolute Gasteiger partial charge is 0.478 e. The monoisotopic (exact) mass is 245 g/mol. The second-order valence-electron chi connectivity index (χ2n) is 4.10. The highest BCUT2D eigenvalue weighted by molar-refractivity contribution is 5.89. The van der Waals surface area contributed by atoms with E-state index in [-0.39, 0.29) is 6.04 Å². The lowest BCUT2D eigenvalue weighted by molar-refractivity contribution is 0.0693. The minimum atomic E-state index is -0.894. The Morgan fingerprint density at radius 2 is 1.89 bits per heavy atom. The van der Waals surface area contributed by atoms with Crippen molar-refractivity contribution in [2.45, 2.75) is 13.0 Å². The van der Waals surface area contributed by atoms with Crippen molar-refractivity contribution in [3.05, 3.63) is 60.7 Å². The summed E-state index contributed by atoms with van der Waals surface area (Å²) in [4.78, 5) is 13.3. The SMILES string of the molecule is C=CCN(CC=C)C(C)c1ccccc1C(=O)O. The van der Waals surface area contributed by atoms with Gasteiger partial charge in [0.15, 0.2) is 0 Å². The Balaban J connectivity index is 3.06. The molecule has 96 valence electrons. The Morgan fingerprint density at radius 3 is 2.39 bits per heavy atom. The van der Waals surface area contributed by atoms with E-state index in [0.717, 1.165) is 5.56 Å². The van der Waals surface area contributed by atoms with Crippen LogP contribution in [0, 0.1) is 0 Å². The van der Waals surface area contributed by atoms with Crippen LogP contribution in [0.1, 0.15) is 28.9 Å². The van der Waals surface area contributed by atoms with Gasteiger partial charge in [-0.2, -0.15) is 0 Å². The molecule has 1 aromatic carbocycles. The van der Waals surface area contributed by atoms with Gasteiger partial charge in [-0.25, -0.2) is 4.79 Å². The van der Waals surface area contributed by atoms with Gasteiger partial charge in [-0.3, -0.25) is 4.90 Å². The van der Waals surface area contributed by atoms with Crippen LogP contribution in [-0.4, -0.2) is 29.1 Å². The summed E-state index contributed by atoms with van der Waals surface area (Å²) in [6, 6.07) is 7.10. The maximum Gasteiger partial charge on any atom is 0.336 e. The van der Waals surface area contributed by atoms with Gasteiger partial charge in [-0.05, 0) is 18.6 Å². The predicted molar refractivity (Wildman–Crippen MR) is 73.8 cm³/mol. The van der Waals surface area contributed by atoms with Crippen LogP contribution in [0.5, 0.6) is 0 Å². The van der Waals surface area contributed by atoms with Crippen molar-refractivity contribution >= 4 is 5.97 Å². The standard InChI is InChI=1S/C15H19NO2/c1-4-10-16(11-5-2)12(3)13-8-6-7-9-14(13)15(17)18/h4-9,12H,1-2,10-11H2,3H3,(H,17,18). The molecule has 0 saturated heterocycles. The third kappa shape index (κ3) is 3.31. The Kier molecular flexibility index (Phi) is 5.33. The van der Waals surface area contributed by atoms with E-state index in [4.69, 9.17) is 0 Å². The smallest absolute Gasteiger partial charge is 0.336 e. The molecule has 1 unspecified atom stereocenters. The lowest BCUT2D eigenvalue weighted by Gasteiger charge is -2.28. The van der Waals surface area contributed by atoms with E-state index in [2.05, 4.69) is 18.1 Å². The van der Waals surface area contributed by atoms with E-state index in [9.17, 15) is 9.90 Å². The van der Waals surface area contributed by atoms with Crippen LogP contribution in [-0.2, 0) is 0 Å². The van der Waals surface area contributed by atoms with E-state index in [1.807, 2.05) is 31.2 Å². The van der Waals surface area contributed by atoms with E-state index in [1.54, 1.807) is 12.1 Å². The average molecular weight is 245 g/mol.